The van der Waals surface area contributed by atoms with Gasteiger partial charge >= 0.3 is 0 Å². The largest absolute Gasteiger partial charge is 0.391 e. The van der Waals surface area contributed by atoms with E-state index in [9.17, 15) is 14.3 Å². The number of β-amino-alcohol motifs (C(OH)–C–C–N with tert-alkyl or cyclic N) is 1. The molecule has 30 heavy (non-hydrogen) atoms. The number of hydrogen-bond acceptors (Lipinski definition) is 8. The summed E-state index contributed by atoms with van der Waals surface area (Å²) in [6, 6.07) is 7.52. The lowest BCUT2D eigenvalue weighted by atomic mass is 10.1. The van der Waals surface area contributed by atoms with Gasteiger partial charge in [0.25, 0.3) is 0 Å². The number of nitrogens with one attached hydrogen (secondary N) is 2. The summed E-state index contributed by atoms with van der Waals surface area (Å²) in [5, 5.41) is 16.0. The average molecular weight is 409 g/mol. The van der Waals surface area contributed by atoms with Crippen LogP contribution in [0, 0.1) is 5.82 Å². The summed E-state index contributed by atoms with van der Waals surface area (Å²) in [5.74, 6) is 0.975. The second kappa shape index (κ2) is 8.37. The van der Waals surface area contributed by atoms with Crippen LogP contribution in [0.25, 0.3) is 0 Å². The van der Waals surface area contributed by atoms with E-state index in [2.05, 4.69) is 30.6 Å². The minimum absolute atomic E-state index is 0.0473. The lowest BCUT2D eigenvalue weighted by Gasteiger charge is -2.19. The lowest BCUT2D eigenvalue weighted by molar-refractivity contribution is -0.117. The van der Waals surface area contributed by atoms with Gasteiger partial charge in [-0.25, -0.2) is 9.37 Å². The number of carbonyl (C=O) groups is 1. The minimum Gasteiger partial charge on any atom is -0.391 e. The Balaban J connectivity index is 1.64. The van der Waals surface area contributed by atoms with E-state index in [1.165, 1.54) is 17.0 Å². The Morgan fingerprint density at radius 2 is 2.00 bits per heavy atom. The van der Waals surface area contributed by atoms with Crippen LogP contribution < -0.4 is 15.5 Å². The molecule has 1 aromatic carbocycles. The molecule has 2 atom stereocenters. The number of aromatic nitrogens is 4. The smallest absolute Gasteiger partial charge is 0.230 e. The van der Waals surface area contributed by atoms with Gasteiger partial charge in [-0.1, -0.05) is 12.1 Å². The Bertz CT molecular complexity index is 1030. The lowest BCUT2D eigenvalue weighted by Crippen LogP contribution is -2.27. The topological polar surface area (TPSA) is 116 Å². The highest BCUT2D eigenvalue weighted by Crippen LogP contribution is 2.26. The van der Waals surface area contributed by atoms with Gasteiger partial charge in [0.1, 0.15) is 23.3 Å². The second-order valence-corrected chi connectivity index (χ2v) is 6.93. The van der Waals surface area contributed by atoms with Gasteiger partial charge < -0.3 is 15.7 Å². The van der Waals surface area contributed by atoms with Crippen molar-refractivity contribution in [1.82, 2.24) is 19.9 Å². The summed E-state index contributed by atoms with van der Waals surface area (Å²) in [5.41, 5.74) is 0.849. The van der Waals surface area contributed by atoms with Crippen LogP contribution in [0.2, 0.25) is 0 Å². The van der Waals surface area contributed by atoms with E-state index in [1.807, 2.05) is 6.92 Å². The van der Waals surface area contributed by atoms with Gasteiger partial charge in [-0.2, -0.15) is 9.97 Å². The zero-order chi connectivity index (χ0) is 21.1. The number of halogens is 1. The Labute approximate surface area is 172 Å². The molecule has 0 unspecified atom stereocenters. The summed E-state index contributed by atoms with van der Waals surface area (Å²) in [4.78, 5) is 30.7. The van der Waals surface area contributed by atoms with E-state index >= 15 is 0 Å². The summed E-state index contributed by atoms with van der Waals surface area (Å²) >= 11 is 0. The van der Waals surface area contributed by atoms with Gasteiger partial charge in [0.2, 0.25) is 11.9 Å². The maximum absolute atomic E-state index is 13.2. The fourth-order valence-electron chi connectivity index (χ4n) is 3.13. The molecular weight excluding hydrogens is 389 g/mol. The standard InChI is InChI=1S/C20H20FN7O2/c1-12(13-2-4-14(21)5-3-13)24-20-26-16(25-17-10-22-6-7-23-17)9-18(27-20)28-11-15(29)8-19(28)30/h2-7,9-10,12,15,29H,8,11H2,1H3,(H2,23,24,25,26,27)/t12-,15+/m0/s1. The van der Waals surface area contributed by atoms with Crippen LogP contribution in [0.15, 0.2) is 48.9 Å². The summed E-state index contributed by atoms with van der Waals surface area (Å²) in [7, 11) is 0. The van der Waals surface area contributed by atoms with Crippen molar-refractivity contribution < 1.29 is 14.3 Å². The molecule has 0 saturated carbocycles. The van der Waals surface area contributed by atoms with E-state index < -0.39 is 6.10 Å². The van der Waals surface area contributed by atoms with Gasteiger partial charge in [-0.3, -0.25) is 14.7 Å². The van der Waals surface area contributed by atoms with E-state index in [0.29, 0.717) is 17.5 Å². The van der Waals surface area contributed by atoms with Crippen molar-refractivity contribution in [3.05, 3.63) is 60.3 Å². The van der Waals surface area contributed by atoms with Crippen molar-refractivity contribution >= 4 is 29.3 Å². The quantitative estimate of drug-likeness (QED) is 0.568. The van der Waals surface area contributed by atoms with E-state index in [-0.39, 0.29) is 36.7 Å². The van der Waals surface area contributed by atoms with Gasteiger partial charge in [-0.05, 0) is 24.6 Å². The third-order valence-corrected chi connectivity index (χ3v) is 4.63. The van der Waals surface area contributed by atoms with Crippen LogP contribution >= 0.6 is 0 Å². The SMILES string of the molecule is C[C@H](Nc1nc(Nc2cnccn2)cc(N2C[C@H](O)CC2=O)n1)c1ccc(F)cc1. The molecule has 0 aliphatic carbocycles. The molecule has 0 bridgehead atoms. The predicted molar refractivity (Wildman–Crippen MR) is 109 cm³/mol. The van der Waals surface area contributed by atoms with Crippen molar-refractivity contribution in [2.45, 2.75) is 25.5 Å². The minimum atomic E-state index is -0.738. The van der Waals surface area contributed by atoms with Crippen molar-refractivity contribution in [1.29, 1.82) is 0 Å². The first kappa shape index (κ1) is 19.6. The fourth-order valence-corrected chi connectivity index (χ4v) is 3.13. The van der Waals surface area contributed by atoms with Crippen molar-refractivity contribution in [3.8, 4) is 0 Å². The highest BCUT2D eigenvalue weighted by atomic mass is 19.1. The van der Waals surface area contributed by atoms with Crippen molar-refractivity contribution in [2.24, 2.45) is 0 Å². The fraction of sp³-hybridized carbons (Fsp3) is 0.250. The maximum Gasteiger partial charge on any atom is 0.230 e. The molecule has 0 radical (unpaired) electrons. The van der Waals surface area contributed by atoms with Crippen LogP contribution in [0.4, 0.5) is 27.8 Å². The molecule has 0 spiro atoms. The summed E-state index contributed by atoms with van der Waals surface area (Å²) in [6.07, 6.45) is 3.95. The molecule has 10 heteroatoms. The molecule has 1 aliphatic heterocycles. The van der Waals surface area contributed by atoms with E-state index in [1.54, 1.807) is 36.8 Å². The number of amides is 1. The van der Waals surface area contributed by atoms with Crippen LogP contribution in [-0.4, -0.2) is 43.6 Å². The normalized spacial score (nSPS) is 17.1. The number of carbonyl (C=O) groups excluding carboxylic acids is 1. The molecule has 3 heterocycles. The monoisotopic (exact) mass is 409 g/mol. The molecular formula is C20H20FN7O2. The van der Waals surface area contributed by atoms with Crippen LogP contribution in [0.1, 0.15) is 24.9 Å². The molecule has 154 valence electrons. The van der Waals surface area contributed by atoms with Crippen molar-refractivity contribution in [3.63, 3.8) is 0 Å². The maximum atomic E-state index is 13.2. The molecule has 2 aromatic heterocycles. The highest BCUT2D eigenvalue weighted by Gasteiger charge is 2.30. The van der Waals surface area contributed by atoms with Gasteiger partial charge in [0.05, 0.1) is 31.3 Å². The van der Waals surface area contributed by atoms with Gasteiger partial charge in [-0.15, -0.1) is 0 Å². The first-order valence-corrected chi connectivity index (χ1v) is 9.40. The number of aliphatic hydroxyl groups is 1. The second-order valence-electron chi connectivity index (χ2n) is 6.93. The summed E-state index contributed by atoms with van der Waals surface area (Å²) in [6.45, 7) is 2.05. The van der Waals surface area contributed by atoms with Crippen LogP contribution in [0.3, 0.4) is 0 Å². The third kappa shape index (κ3) is 4.49. The van der Waals surface area contributed by atoms with E-state index in [0.717, 1.165) is 5.56 Å². The van der Waals surface area contributed by atoms with Crippen molar-refractivity contribution in [2.75, 3.05) is 22.1 Å². The zero-order valence-electron chi connectivity index (χ0n) is 16.2. The molecule has 1 amide bonds. The third-order valence-electron chi connectivity index (χ3n) is 4.63. The molecule has 9 nitrogen and oxygen atoms in total. The molecule has 3 N–H and O–H groups in total. The Morgan fingerprint density at radius 3 is 2.67 bits per heavy atom. The molecule has 3 aromatic rings. The number of rotatable bonds is 6. The number of aliphatic hydroxyl groups excluding tert-OH is 1. The molecule has 1 fully saturated rings. The Hall–Kier alpha value is -3.66. The number of nitrogens with zero attached hydrogens (tertiary/aromatic N) is 5. The Morgan fingerprint density at radius 1 is 1.20 bits per heavy atom. The predicted octanol–water partition coefficient (Wildman–Crippen LogP) is 2.42. The number of benzene rings is 1. The zero-order valence-corrected chi connectivity index (χ0v) is 16.2. The average Bonchev–Trinajstić information content (AvgIpc) is 3.07. The first-order chi connectivity index (χ1) is 14.5. The van der Waals surface area contributed by atoms with Crippen LogP contribution in [-0.2, 0) is 4.79 Å². The summed E-state index contributed by atoms with van der Waals surface area (Å²) < 4.78 is 13.2. The first-order valence-electron chi connectivity index (χ1n) is 9.40. The number of hydrogen-bond donors (Lipinski definition) is 3. The molecule has 1 aliphatic rings. The highest BCUT2D eigenvalue weighted by molar-refractivity contribution is 5.95. The number of anilines is 4. The van der Waals surface area contributed by atoms with Gasteiger partial charge in [0.15, 0.2) is 0 Å². The molecule has 1 saturated heterocycles. The Kier molecular flexibility index (Phi) is 5.48. The van der Waals surface area contributed by atoms with Gasteiger partial charge in [0, 0.05) is 18.5 Å². The van der Waals surface area contributed by atoms with E-state index in [4.69, 9.17) is 0 Å². The van der Waals surface area contributed by atoms with Crippen LogP contribution in [0.5, 0.6) is 0 Å². The molecule has 4 rings (SSSR count).